The van der Waals surface area contributed by atoms with Crippen LogP contribution in [0.2, 0.25) is 0 Å². The zero-order chi connectivity index (χ0) is 12.5. The average Bonchev–Trinajstić information content (AvgIpc) is 3.10. The summed E-state index contributed by atoms with van der Waals surface area (Å²) in [6.45, 7) is 4.06. The van der Waals surface area contributed by atoms with Crippen LogP contribution in [-0.2, 0) is 0 Å². The molecule has 1 aliphatic carbocycles. The second kappa shape index (κ2) is 4.72. The lowest BCUT2D eigenvalue weighted by atomic mass is 9.95. The average molecular weight is 249 g/mol. The molecule has 1 saturated carbocycles. The Balaban J connectivity index is 1.62. The van der Waals surface area contributed by atoms with Gasteiger partial charge >= 0.3 is 0 Å². The molecule has 1 saturated heterocycles. The highest BCUT2D eigenvalue weighted by molar-refractivity contribution is 5.92. The van der Waals surface area contributed by atoms with Gasteiger partial charge in [-0.3, -0.25) is 4.79 Å². The van der Waals surface area contributed by atoms with Gasteiger partial charge in [0.2, 0.25) is 0 Å². The first kappa shape index (κ1) is 11.7. The number of hydrogen-bond donors (Lipinski definition) is 2. The molecule has 5 nitrogen and oxygen atoms in total. The van der Waals surface area contributed by atoms with Crippen molar-refractivity contribution in [3.8, 4) is 0 Å². The summed E-state index contributed by atoms with van der Waals surface area (Å²) in [5, 5.41) is 10.2. The van der Waals surface area contributed by atoms with E-state index in [4.69, 9.17) is 4.52 Å². The minimum atomic E-state index is -0.107. The van der Waals surface area contributed by atoms with Gasteiger partial charge < -0.3 is 15.2 Å². The molecule has 2 fully saturated rings. The predicted octanol–water partition coefficient (Wildman–Crippen LogP) is 1.28. The molecule has 98 valence electrons. The van der Waals surface area contributed by atoms with Crippen molar-refractivity contribution >= 4 is 5.91 Å². The molecule has 2 heterocycles. The van der Waals surface area contributed by atoms with Gasteiger partial charge in [0.15, 0.2) is 5.69 Å². The summed E-state index contributed by atoms with van der Waals surface area (Å²) < 4.78 is 5.20. The number of nitrogens with zero attached hydrogens (tertiary/aromatic N) is 1. The number of amides is 1. The number of nitrogens with one attached hydrogen (secondary N) is 2. The van der Waals surface area contributed by atoms with Crippen molar-refractivity contribution in [1.29, 1.82) is 0 Å². The van der Waals surface area contributed by atoms with E-state index in [-0.39, 0.29) is 11.9 Å². The van der Waals surface area contributed by atoms with Crippen LogP contribution in [-0.4, -0.2) is 30.2 Å². The lowest BCUT2D eigenvalue weighted by molar-refractivity contribution is 0.0905. The van der Waals surface area contributed by atoms with Crippen molar-refractivity contribution in [2.45, 2.75) is 38.1 Å². The van der Waals surface area contributed by atoms with Gasteiger partial charge in [0.25, 0.3) is 5.91 Å². The van der Waals surface area contributed by atoms with Gasteiger partial charge in [-0.25, -0.2) is 0 Å². The Morgan fingerprint density at radius 1 is 1.50 bits per heavy atom. The Bertz CT molecular complexity index is 439. The molecule has 1 amide bonds. The Morgan fingerprint density at radius 3 is 3.06 bits per heavy atom. The van der Waals surface area contributed by atoms with Gasteiger partial charge in [-0.1, -0.05) is 12.1 Å². The van der Waals surface area contributed by atoms with Crippen LogP contribution in [0.5, 0.6) is 0 Å². The molecule has 0 unspecified atom stereocenters. The second-order valence-corrected chi connectivity index (χ2v) is 5.44. The molecule has 1 aliphatic heterocycles. The summed E-state index contributed by atoms with van der Waals surface area (Å²) in [5.74, 6) is 1.71. The van der Waals surface area contributed by atoms with Crippen molar-refractivity contribution in [3.63, 3.8) is 0 Å². The first-order valence-corrected chi connectivity index (χ1v) is 6.72. The molecule has 1 aromatic heterocycles. The van der Waals surface area contributed by atoms with E-state index in [0.29, 0.717) is 17.5 Å². The van der Waals surface area contributed by atoms with Crippen LogP contribution >= 0.6 is 0 Å². The molecule has 2 aliphatic rings. The monoisotopic (exact) mass is 249 g/mol. The Kier molecular flexibility index (Phi) is 3.07. The highest BCUT2D eigenvalue weighted by atomic mass is 16.5. The second-order valence-electron chi connectivity index (χ2n) is 5.44. The third-order valence-electron chi connectivity index (χ3n) is 3.84. The van der Waals surface area contributed by atoms with Gasteiger partial charge in [0, 0.05) is 18.0 Å². The molecular weight excluding hydrogens is 230 g/mol. The molecule has 2 atom stereocenters. The lowest BCUT2D eigenvalue weighted by Gasteiger charge is -2.29. The maximum atomic E-state index is 12.1. The van der Waals surface area contributed by atoms with Crippen molar-refractivity contribution in [3.05, 3.63) is 17.5 Å². The molecule has 18 heavy (non-hydrogen) atoms. The summed E-state index contributed by atoms with van der Waals surface area (Å²) in [5.41, 5.74) is 0.419. The number of piperidine rings is 1. The summed E-state index contributed by atoms with van der Waals surface area (Å²) in [6.07, 6.45) is 3.28. The highest BCUT2D eigenvalue weighted by Gasteiger charge is 2.30. The Labute approximate surface area is 106 Å². The third-order valence-corrected chi connectivity index (χ3v) is 3.84. The van der Waals surface area contributed by atoms with E-state index in [1.54, 1.807) is 6.07 Å². The maximum absolute atomic E-state index is 12.1. The fourth-order valence-electron chi connectivity index (χ4n) is 2.43. The molecule has 0 radical (unpaired) electrons. The van der Waals surface area contributed by atoms with Crippen LogP contribution in [0.25, 0.3) is 0 Å². The van der Waals surface area contributed by atoms with E-state index in [1.807, 2.05) is 0 Å². The van der Waals surface area contributed by atoms with Crippen LogP contribution in [0.1, 0.15) is 48.4 Å². The van der Waals surface area contributed by atoms with E-state index in [9.17, 15) is 4.79 Å². The van der Waals surface area contributed by atoms with Gasteiger partial charge in [0.05, 0.1) is 0 Å². The molecule has 0 bridgehead atoms. The van der Waals surface area contributed by atoms with Gasteiger partial charge in [-0.2, -0.15) is 0 Å². The summed E-state index contributed by atoms with van der Waals surface area (Å²) in [4.78, 5) is 12.1. The van der Waals surface area contributed by atoms with Crippen molar-refractivity contribution in [1.82, 2.24) is 15.8 Å². The third kappa shape index (κ3) is 2.41. The van der Waals surface area contributed by atoms with E-state index in [2.05, 4.69) is 22.7 Å². The number of hydrogen-bond acceptors (Lipinski definition) is 4. The predicted molar refractivity (Wildman–Crippen MR) is 66.4 cm³/mol. The SMILES string of the molecule is C[C@H]1CNCC[C@H]1NC(=O)c1cc(C2CC2)on1. The molecule has 5 heteroatoms. The smallest absolute Gasteiger partial charge is 0.273 e. The largest absolute Gasteiger partial charge is 0.360 e. The minimum absolute atomic E-state index is 0.107. The zero-order valence-electron chi connectivity index (χ0n) is 10.6. The lowest BCUT2D eigenvalue weighted by Crippen LogP contribution is -2.48. The van der Waals surface area contributed by atoms with Crippen LogP contribution in [0, 0.1) is 5.92 Å². The standard InChI is InChI=1S/C13H19N3O2/c1-8-7-14-5-4-10(8)15-13(17)11-6-12(18-16-11)9-2-3-9/h6,8-10,14H,2-5,7H2,1H3,(H,15,17)/t8-,10+/m0/s1. The Morgan fingerprint density at radius 2 is 2.33 bits per heavy atom. The molecule has 1 aromatic rings. The summed E-state index contributed by atoms with van der Waals surface area (Å²) in [6, 6.07) is 2.03. The van der Waals surface area contributed by atoms with Crippen LogP contribution in [0.3, 0.4) is 0 Å². The zero-order valence-corrected chi connectivity index (χ0v) is 10.6. The van der Waals surface area contributed by atoms with Gasteiger partial charge in [-0.15, -0.1) is 0 Å². The molecule has 3 rings (SSSR count). The molecule has 0 aromatic carbocycles. The van der Waals surface area contributed by atoms with Crippen LogP contribution in [0.15, 0.2) is 10.6 Å². The number of carbonyl (C=O) groups is 1. The Hall–Kier alpha value is -1.36. The van der Waals surface area contributed by atoms with Crippen LogP contribution < -0.4 is 10.6 Å². The first-order valence-electron chi connectivity index (χ1n) is 6.72. The summed E-state index contributed by atoms with van der Waals surface area (Å²) >= 11 is 0. The normalized spacial score (nSPS) is 28.1. The van der Waals surface area contributed by atoms with Crippen molar-refractivity contribution < 1.29 is 9.32 Å². The molecule has 0 spiro atoms. The molecule has 2 N–H and O–H groups in total. The minimum Gasteiger partial charge on any atom is -0.360 e. The van der Waals surface area contributed by atoms with E-state index in [1.165, 1.54) is 0 Å². The summed E-state index contributed by atoms with van der Waals surface area (Å²) in [7, 11) is 0. The maximum Gasteiger partial charge on any atom is 0.273 e. The number of aromatic nitrogens is 1. The van der Waals surface area contributed by atoms with E-state index < -0.39 is 0 Å². The van der Waals surface area contributed by atoms with Gasteiger partial charge in [0.1, 0.15) is 5.76 Å². The van der Waals surface area contributed by atoms with Gasteiger partial charge in [-0.05, 0) is 38.3 Å². The number of carbonyl (C=O) groups excluding carboxylic acids is 1. The number of rotatable bonds is 3. The van der Waals surface area contributed by atoms with Crippen LogP contribution in [0.4, 0.5) is 0 Å². The first-order chi connectivity index (χ1) is 8.74. The fraction of sp³-hybridized carbons (Fsp3) is 0.692. The molecular formula is C13H19N3O2. The van der Waals surface area contributed by atoms with Crippen molar-refractivity contribution in [2.75, 3.05) is 13.1 Å². The van der Waals surface area contributed by atoms with E-state index in [0.717, 1.165) is 38.1 Å². The quantitative estimate of drug-likeness (QED) is 0.847. The van der Waals surface area contributed by atoms with Crippen molar-refractivity contribution in [2.24, 2.45) is 5.92 Å². The van der Waals surface area contributed by atoms with E-state index >= 15 is 0 Å². The fourth-order valence-corrected chi connectivity index (χ4v) is 2.43. The highest BCUT2D eigenvalue weighted by Crippen LogP contribution is 2.40. The topological polar surface area (TPSA) is 67.2 Å².